The van der Waals surface area contributed by atoms with E-state index in [1.165, 1.54) is 295 Å². The van der Waals surface area contributed by atoms with Gasteiger partial charge in [0, 0.05) is 12.8 Å². The highest BCUT2D eigenvalue weighted by Gasteiger charge is 2.16. The minimum absolute atomic E-state index is 0.0568. The van der Waals surface area contributed by atoms with Gasteiger partial charge in [0.2, 0.25) is 0 Å². The second-order valence-electron chi connectivity index (χ2n) is 21.1. The fraction of sp³-hybridized carbons (Fsp3) is 0.935. The first-order valence-electron chi connectivity index (χ1n) is 30.7. The molecule has 0 amide bonds. The molecule has 0 heterocycles. The Kier molecular flexibility index (Phi) is 57.8. The van der Waals surface area contributed by atoms with Crippen molar-refractivity contribution < 1.29 is 24.2 Å². The summed E-state index contributed by atoms with van der Waals surface area (Å²) in [7, 11) is 0. The van der Waals surface area contributed by atoms with Gasteiger partial charge in [-0.2, -0.15) is 0 Å². The van der Waals surface area contributed by atoms with Gasteiger partial charge in [-0.05, 0) is 38.5 Å². The van der Waals surface area contributed by atoms with Gasteiger partial charge in [-0.3, -0.25) is 9.59 Å². The van der Waals surface area contributed by atoms with Gasteiger partial charge in [0.25, 0.3) is 0 Å². The van der Waals surface area contributed by atoms with Crippen LogP contribution in [0.1, 0.15) is 354 Å². The van der Waals surface area contributed by atoms with Crippen LogP contribution in [0.3, 0.4) is 0 Å². The molecule has 0 spiro atoms. The highest BCUT2D eigenvalue weighted by atomic mass is 16.6. The quantitative estimate of drug-likeness (QED) is 0.0374. The molecule has 0 aromatic rings. The van der Waals surface area contributed by atoms with E-state index in [4.69, 9.17) is 9.47 Å². The Hall–Kier alpha value is -1.36. The Balaban J connectivity index is 3.36. The Morgan fingerprint density at radius 3 is 0.806 bits per heavy atom. The zero-order valence-corrected chi connectivity index (χ0v) is 45.7. The van der Waals surface area contributed by atoms with Gasteiger partial charge < -0.3 is 14.6 Å². The van der Waals surface area contributed by atoms with Crippen LogP contribution >= 0.6 is 0 Å². The highest BCUT2D eigenvalue weighted by Crippen LogP contribution is 2.18. The van der Waals surface area contributed by atoms with Crippen LogP contribution in [-0.2, 0) is 19.1 Å². The number of ether oxygens (including phenoxy) is 2. The number of carbonyl (C=O) groups is 2. The molecule has 0 fully saturated rings. The molecule has 0 aromatic heterocycles. The van der Waals surface area contributed by atoms with Crippen molar-refractivity contribution in [2.45, 2.75) is 360 Å². The Bertz CT molecular complexity index is 979. The molecule has 0 rings (SSSR count). The van der Waals surface area contributed by atoms with E-state index in [2.05, 4.69) is 26.0 Å². The molecule has 0 saturated carbocycles. The predicted molar refractivity (Wildman–Crippen MR) is 293 cm³/mol. The summed E-state index contributed by atoms with van der Waals surface area (Å²) < 4.78 is 10.7. The summed E-state index contributed by atoms with van der Waals surface area (Å²) in [4.78, 5) is 24.5. The standard InChI is InChI=1S/C62H120O5/c1-3-5-7-9-11-13-15-17-19-21-23-24-25-26-27-28-29-30-31-32-33-34-35-36-37-38-39-41-43-45-47-49-51-53-55-57-62(65)67-60(58-63)59-66-61(64)56-54-52-50-48-46-44-42-40-22-20-18-16-14-12-10-8-6-4-2/h21,23,60,63H,3-20,22,24-59H2,1-2H3/b23-21-. The number of aliphatic hydroxyl groups is 1. The fourth-order valence-corrected chi connectivity index (χ4v) is 9.67. The van der Waals surface area contributed by atoms with Crippen LogP contribution in [0.25, 0.3) is 0 Å². The number of carbonyl (C=O) groups excluding carboxylic acids is 2. The largest absolute Gasteiger partial charge is 0.462 e. The zero-order valence-electron chi connectivity index (χ0n) is 45.7. The Morgan fingerprint density at radius 2 is 0.552 bits per heavy atom. The molecule has 5 nitrogen and oxygen atoms in total. The van der Waals surface area contributed by atoms with E-state index in [1.807, 2.05) is 0 Å². The number of unbranched alkanes of at least 4 members (excludes halogenated alkanes) is 48. The lowest BCUT2D eigenvalue weighted by atomic mass is 10.0. The molecule has 67 heavy (non-hydrogen) atoms. The molecule has 0 aliphatic rings. The molecule has 1 unspecified atom stereocenters. The highest BCUT2D eigenvalue weighted by molar-refractivity contribution is 5.70. The summed E-state index contributed by atoms with van der Waals surface area (Å²) in [6.45, 7) is 4.20. The van der Waals surface area contributed by atoms with Gasteiger partial charge in [-0.15, -0.1) is 0 Å². The fourth-order valence-electron chi connectivity index (χ4n) is 9.67. The minimum Gasteiger partial charge on any atom is -0.462 e. The molecule has 0 radical (unpaired) electrons. The zero-order chi connectivity index (χ0) is 48.5. The topological polar surface area (TPSA) is 72.8 Å². The molecule has 0 bridgehead atoms. The molecule has 5 heteroatoms. The van der Waals surface area contributed by atoms with Gasteiger partial charge in [0.05, 0.1) is 6.61 Å². The summed E-state index contributed by atoms with van der Waals surface area (Å²) in [5, 5.41) is 9.66. The van der Waals surface area contributed by atoms with E-state index in [9.17, 15) is 14.7 Å². The molecule has 0 aliphatic carbocycles. The van der Waals surface area contributed by atoms with Gasteiger partial charge in [0.1, 0.15) is 6.61 Å². The van der Waals surface area contributed by atoms with Crippen LogP contribution in [0.15, 0.2) is 12.2 Å². The third-order valence-corrected chi connectivity index (χ3v) is 14.3. The monoisotopic (exact) mass is 945 g/mol. The first-order chi connectivity index (χ1) is 33.1. The maximum atomic E-state index is 12.3. The van der Waals surface area contributed by atoms with Crippen molar-refractivity contribution in [3.63, 3.8) is 0 Å². The molecular weight excluding hydrogens is 825 g/mol. The number of esters is 2. The summed E-state index contributed by atoms with van der Waals surface area (Å²) in [5.41, 5.74) is 0. The molecule has 1 atom stereocenters. The molecule has 0 aliphatic heterocycles. The summed E-state index contributed by atoms with van der Waals surface area (Å²) in [6, 6.07) is 0. The van der Waals surface area contributed by atoms with Crippen molar-refractivity contribution in [2.75, 3.05) is 13.2 Å². The maximum absolute atomic E-state index is 12.3. The first-order valence-corrected chi connectivity index (χ1v) is 30.7. The van der Waals surface area contributed by atoms with Crippen molar-refractivity contribution >= 4 is 11.9 Å². The van der Waals surface area contributed by atoms with Crippen molar-refractivity contribution in [2.24, 2.45) is 0 Å². The lowest BCUT2D eigenvalue weighted by Gasteiger charge is -2.15. The van der Waals surface area contributed by atoms with E-state index in [-0.39, 0.29) is 25.2 Å². The maximum Gasteiger partial charge on any atom is 0.306 e. The van der Waals surface area contributed by atoms with Crippen LogP contribution in [0.5, 0.6) is 0 Å². The average Bonchev–Trinajstić information content (AvgIpc) is 3.33. The lowest BCUT2D eigenvalue weighted by Crippen LogP contribution is -2.28. The molecule has 398 valence electrons. The number of hydrogen-bond acceptors (Lipinski definition) is 5. The van der Waals surface area contributed by atoms with E-state index in [1.54, 1.807) is 0 Å². The Morgan fingerprint density at radius 1 is 0.328 bits per heavy atom. The summed E-state index contributed by atoms with van der Waals surface area (Å²) in [6.07, 6.45) is 73.6. The number of allylic oxidation sites excluding steroid dienone is 2. The van der Waals surface area contributed by atoms with Gasteiger partial charge in [0.15, 0.2) is 6.10 Å². The molecule has 1 N–H and O–H groups in total. The van der Waals surface area contributed by atoms with Crippen LogP contribution < -0.4 is 0 Å². The molecule has 0 aromatic carbocycles. The second-order valence-corrected chi connectivity index (χ2v) is 21.1. The predicted octanol–water partition coefficient (Wildman–Crippen LogP) is 20.7. The van der Waals surface area contributed by atoms with E-state index >= 15 is 0 Å². The van der Waals surface area contributed by atoms with Crippen molar-refractivity contribution in [3.05, 3.63) is 12.2 Å². The van der Waals surface area contributed by atoms with Gasteiger partial charge >= 0.3 is 11.9 Å². The summed E-state index contributed by atoms with van der Waals surface area (Å²) in [5.74, 6) is -0.565. The van der Waals surface area contributed by atoms with Crippen LogP contribution in [0, 0.1) is 0 Å². The van der Waals surface area contributed by atoms with Gasteiger partial charge in [-0.1, -0.05) is 315 Å². The second kappa shape index (κ2) is 59.0. The number of aliphatic hydroxyl groups excluding tert-OH is 1. The van der Waals surface area contributed by atoms with E-state index < -0.39 is 6.10 Å². The average molecular weight is 946 g/mol. The van der Waals surface area contributed by atoms with Crippen molar-refractivity contribution in [1.82, 2.24) is 0 Å². The SMILES string of the molecule is CCCCCCCCCC/C=C\CCCCCCCCCCCCCCCCCCCCCCCCCC(=O)OC(CO)COC(=O)CCCCCCCCCCCCCCCCCCCC. The normalized spacial score (nSPS) is 12.1. The van der Waals surface area contributed by atoms with Crippen LogP contribution in [-0.4, -0.2) is 36.4 Å². The van der Waals surface area contributed by atoms with E-state index in [0.29, 0.717) is 12.8 Å². The van der Waals surface area contributed by atoms with Crippen molar-refractivity contribution in [3.8, 4) is 0 Å². The van der Waals surface area contributed by atoms with Crippen LogP contribution in [0.2, 0.25) is 0 Å². The number of rotatable bonds is 58. The summed E-state index contributed by atoms with van der Waals surface area (Å²) >= 11 is 0. The van der Waals surface area contributed by atoms with Gasteiger partial charge in [-0.25, -0.2) is 0 Å². The van der Waals surface area contributed by atoms with Crippen molar-refractivity contribution in [1.29, 1.82) is 0 Å². The minimum atomic E-state index is -0.765. The Labute approximate surface area is 420 Å². The lowest BCUT2D eigenvalue weighted by molar-refractivity contribution is -0.161. The van der Waals surface area contributed by atoms with E-state index in [0.717, 1.165) is 32.1 Å². The third-order valence-electron chi connectivity index (χ3n) is 14.3. The molecule has 0 saturated heterocycles. The van der Waals surface area contributed by atoms with Crippen LogP contribution in [0.4, 0.5) is 0 Å². The molecular formula is C62H120O5. The number of hydrogen-bond donors (Lipinski definition) is 1. The third kappa shape index (κ3) is 57.1. The smallest absolute Gasteiger partial charge is 0.306 e. The first kappa shape index (κ1) is 65.6.